The summed E-state index contributed by atoms with van der Waals surface area (Å²) in [7, 11) is 0. The van der Waals surface area contributed by atoms with Crippen LogP contribution in [0.15, 0.2) is 35.1 Å². The highest BCUT2D eigenvalue weighted by Gasteiger charge is 2.00. The molecule has 1 aromatic heterocycles. The molecule has 0 unspecified atom stereocenters. The van der Waals surface area contributed by atoms with Crippen molar-refractivity contribution in [2.24, 2.45) is 0 Å². The number of nitrogens with one attached hydrogen (secondary N) is 2. The summed E-state index contributed by atoms with van der Waals surface area (Å²) < 4.78 is 2.84. The van der Waals surface area contributed by atoms with Crippen LogP contribution in [-0.2, 0) is 6.54 Å². The minimum atomic E-state index is 0.625. The number of anilines is 1. The van der Waals surface area contributed by atoms with Crippen molar-refractivity contribution in [3.8, 4) is 0 Å². The van der Waals surface area contributed by atoms with Crippen LogP contribution < -0.4 is 10.6 Å². The van der Waals surface area contributed by atoms with Crippen molar-refractivity contribution in [1.82, 2.24) is 15.1 Å². The minimum Gasteiger partial charge on any atom is -0.361 e. The normalized spacial score (nSPS) is 10.3. The smallest absolute Gasteiger partial charge is 0.170 e. The second-order valence-corrected chi connectivity index (χ2v) is 5.93. The van der Waals surface area contributed by atoms with E-state index in [4.69, 9.17) is 12.2 Å². The average Bonchev–Trinajstić information content (AvgIpc) is 2.80. The summed E-state index contributed by atoms with van der Waals surface area (Å²) in [5.74, 6) is 0. The third-order valence-electron chi connectivity index (χ3n) is 2.99. The van der Waals surface area contributed by atoms with Crippen LogP contribution in [0.3, 0.4) is 0 Å². The lowest BCUT2D eigenvalue weighted by Gasteiger charge is -2.11. The predicted octanol–water partition coefficient (Wildman–Crippen LogP) is 3.25. The van der Waals surface area contributed by atoms with Crippen LogP contribution >= 0.6 is 28.1 Å². The van der Waals surface area contributed by atoms with E-state index in [9.17, 15) is 0 Å². The molecule has 6 heteroatoms. The second-order valence-electron chi connectivity index (χ2n) is 4.60. The quantitative estimate of drug-likeness (QED) is 0.828. The van der Waals surface area contributed by atoms with Crippen LogP contribution in [-0.4, -0.2) is 21.4 Å². The molecule has 1 heterocycles. The standard InChI is InChI=1S/C14H17BrN4S/c1-10-3-4-13(7-11(10)2)18-14(20)16-5-6-19-9-12(15)8-17-19/h3-4,7-9H,5-6H2,1-2H3,(H2,16,18,20). The maximum absolute atomic E-state index is 5.27. The number of halogens is 1. The number of hydrogen-bond donors (Lipinski definition) is 2. The molecular formula is C14H17BrN4S. The lowest BCUT2D eigenvalue weighted by molar-refractivity contribution is 0.604. The van der Waals surface area contributed by atoms with E-state index in [1.165, 1.54) is 11.1 Å². The largest absolute Gasteiger partial charge is 0.361 e. The minimum absolute atomic E-state index is 0.625. The van der Waals surface area contributed by atoms with Crippen LogP contribution in [0.1, 0.15) is 11.1 Å². The van der Waals surface area contributed by atoms with Crippen LogP contribution in [0.2, 0.25) is 0 Å². The molecule has 0 saturated heterocycles. The fourth-order valence-corrected chi connectivity index (χ4v) is 2.29. The Bertz CT molecular complexity index is 609. The van der Waals surface area contributed by atoms with Crippen molar-refractivity contribution in [3.05, 3.63) is 46.2 Å². The van der Waals surface area contributed by atoms with Gasteiger partial charge in [0, 0.05) is 18.4 Å². The van der Waals surface area contributed by atoms with Gasteiger partial charge in [-0.2, -0.15) is 5.10 Å². The molecule has 20 heavy (non-hydrogen) atoms. The Kier molecular flexibility index (Phi) is 5.14. The van der Waals surface area contributed by atoms with Gasteiger partial charge < -0.3 is 10.6 Å². The Balaban J connectivity index is 1.79. The summed E-state index contributed by atoms with van der Waals surface area (Å²) in [4.78, 5) is 0. The summed E-state index contributed by atoms with van der Waals surface area (Å²) in [5, 5.41) is 11.2. The van der Waals surface area contributed by atoms with Crippen molar-refractivity contribution >= 4 is 38.9 Å². The Labute approximate surface area is 132 Å². The zero-order valence-corrected chi connectivity index (χ0v) is 13.9. The topological polar surface area (TPSA) is 41.9 Å². The van der Waals surface area contributed by atoms with E-state index in [1.807, 2.05) is 16.9 Å². The highest BCUT2D eigenvalue weighted by molar-refractivity contribution is 9.10. The van der Waals surface area contributed by atoms with Crippen molar-refractivity contribution in [2.75, 3.05) is 11.9 Å². The molecule has 0 aliphatic heterocycles. The number of aryl methyl sites for hydroxylation is 2. The van der Waals surface area contributed by atoms with Gasteiger partial charge in [0.25, 0.3) is 0 Å². The average molecular weight is 353 g/mol. The molecule has 0 spiro atoms. The number of rotatable bonds is 4. The first kappa shape index (κ1) is 15.0. The predicted molar refractivity (Wildman–Crippen MR) is 90.1 cm³/mol. The summed E-state index contributed by atoms with van der Waals surface area (Å²) in [6.45, 7) is 5.68. The third kappa shape index (κ3) is 4.31. The van der Waals surface area contributed by atoms with Crippen LogP contribution in [0.5, 0.6) is 0 Å². The van der Waals surface area contributed by atoms with Crippen LogP contribution in [0, 0.1) is 13.8 Å². The monoisotopic (exact) mass is 352 g/mol. The van der Waals surface area contributed by atoms with Crippen LogP contribution in [0.25, 0.3) is 0 Å². The highest BCUT2D eigenvalue weighted by Crippen LogP contribution is 2.13. The van der Waals surface area contributed by atoms with Gasteiger partial charge in [0.05, 0.1) is 17.2 Å². The zero-order chi connectivity index (χ0) is 14.5. The Hall–Kier alpha value is -1.40. The number of thiocarbonyl (C=S) groups is 1. The van der Waals surface area contributed by atoms with Gasteiger partial charge in [0.15, 0.2) is 5.11 Å². The van der Waals surface area contributed by atoms with Gasteiger partial charge in [-0.3, -0.25) is 4.68 Å². The lowest BCUT2D eigenvalue weighted by atomic mass is 10.1. The Morgan fingerprint density at radius 2 is 2.15 bits per heavy atom. The summed E-state index contributed by atoms with van der Waals surface area (Å²) in [6, 6.07) is 6.20. The summed E-state index contributed by atoms with van der Waals surface area (Å²) in [5.41, 5.74) is 3.53. The van der Waals surface area contributed by atoms with Gasteiger partial charge >= 0.3 is 0 Å². The maximum Gasteiger partial charge on any atom is 0.170 e. The van der Waals surface area contributed by atoms with E-state index in [-0.39, 0.29) is 0 Å². The van der Waals surface area contributed by atoms with Gasteiger partial charge in [-0.25, -0.2) is 0 Å². The van der Waals surface area contributed by atoms with Gasteiger partial charge in [0.1, 0.15) is 0 Å². The van der Waals surface area contributed by atoms with Crippen molar-refractivity contribution < 1.29 is 0 Å². The van der Waals surface area contributed by atoms with Gasteiger partial charge in [-0.05, 0) is 65.3 Å². The molecule has 0 atom stereocenters. The molecule has 0 radical (unpaired) electrons. The molecule has 0 amide bonds. The first-order chi connectivity index (χ1) is 9.54. The lowest BCUT2D eigenvalue weighted by Crippen LogP contribution is -2.31. The molecular weight excluding hydrogens is 336 g/mol. The first-order valence-electron chi connectivity index (χ1n) is 6.34. The van der Waals surface area contributed by atoms with E-state index >= 15 is 0 Å². The second kappa shape index (κ2) is 6.85. The number of benzene rings is 1. The van der Waals surface area contributed by atoms with Crippen molar-refractivity contribution in [2.45, 2.75) is 20.4 Å². The SMILES string of the molecule is Cc1ccc(NC(=S)NCCn2cc(Br)cn2)cc1C. The third-order valence-corrected chi connectivity index (χ3v) is 3.65. The molecule has 0 aliphatic rings. The molecule has 2 rings (SSSR count). The number of aromatic nitrogens is 2. The molecule has 0 aliphatic carbocycles. The van der Waals surface area contributed by atoms with Crippen molar-refractivity contribution in [1.29, 1.82) is 0 Å². The zero-order valence-electron chi connectivity index (χ0n) is 11.5. The maximum atomic E-state index is 5.27. The first-order valence-corrected chi connectivity index (χ1v) is 7.55. The van der Waals surface area contributed by atoms with E-state index < -0.39 is 0 Å². The van der Waals surface area contributed by atoms with Gasteiger partial charge in [-0.15, -0.1) is 0 Å². The summed E-state index contributed by atoms with van der Waals surface area (Å²) >= 11 is 8.64. The van der Waals surface area contributed by atoms with Crippen molar-refractivity contribution in [3.63, 3.8) is 0 Å². The van der Waals surface area contributed by atoms with Crippen LogP contribution in [0.4, 0.5) is 5.69 Å². The molecule has 1 aromatic carbocycles. The summed E-state index contributed by atoms with van der Waals surface area (Å²) in [6.07, 6.45) is 3.70. The number of hydrogen-bond acceptors (Lipinski definition) is 2. The molecule has 0 bridgehead atoms. The van der Waals surface area contributed by atoms with Gasteiger partial charge in [0.2, 0.25) is 0 Å². The Morgan fingerprint density at radius 1 is 1.35 bits per heavy atom. The number of nitrogens with zero attached hydrogens (tertiary/aromatic N) is 2. The molecule has 0 saturated carbocycles. The van der Waals surface area contributed by atoms with Gasteiger partial charge in [-0.1, -0.05) is 6.07 Å². The molecule has 2 N–H and O–H groups in total. The highest BCUT2D eigenvalue weighted by atomic mass is 79.9. The van der Waals surface area contributed by atoms with E-state index in [0.717, 1.165) is 23.2 Å². The fourth-order valence-electron chi connectivity index (χ4n) is 1.74. The van der Waals surface area contributed by atoms with E-state index in [0.29, 0.717) is 5.11 Å². The molecule has 2 aromatic rings. The molecule has 106 valence electrons. The molecule has 0 fully saturated rings. The fraction of sp³-hybridized carbons (Fsp3) is 0.286. The van der Waals surface area contributed by atoms with E-state index in [2.05, 4.69) is 57.6 Å². The molecule has 4 nitrogen and oxygen atoms in total. The van der Waals surface area contributed by atoms with E-state index in [1.54, 1.807) is 6.20 Å². The Morgan fingerprint density at radius 3 is 2.80 bits per heavy atom.